The van der Waals surface area contributed by atoms with Gasteiger partial charge < -0.3 is 10.1 Å². The van der Waals surface area contributed by atoms with E-state index in [9.17, 15) is 13.2 Å². The number of anilines is 1. The van der Waals surface area contributed by atoms with Crippen LogP contribution >= 0.6 is 11.5 Å². The van der Waals surface area contributed by atoms with Crippen LogP contribution in [0.15, 0.2) is 23.6 Å². The summed E-state index contributed by atoms with van der Waals surface area (Å²) in [5.74, 6) is 0.160. The average molecular weight is 289 g/mol. The van der Waals surface area contributed by atoms with Crippen molar-refractivity contribution in [1.82, 2.24) is 9.59 Å². The minimum Gasteiger partial charge on any atom is -0.497 e. The van der Waals surface area contributed by atoms with Gasteiger partial charge >= 0.3 is 6.18 Å². The third-order valence-corrected chi connectivity index (χ3v) is 2.95. The number of alkyl halides is 3. The highest BCUT2D eigenvalue weighted by Gasteiger charge is 2.34. The SMILES string of the molecule is COc1ccc(NCc2csnn2)c(C(F)(F)F)c1. The molecule has 0 amide bonds. The van der Waals surface area contributed by atoms with Crippen LogP contribution in [0.5, 0.6) is 5.75 Å². The molecule has 0 saturated carbocycles. The fourth-order valence-electron chi connectivity index (χ4n) is 1.49. The van der Waals surface area contributed by atoms with Gasteiger partial charge in [0, 0.05) is 11.1 Å². The number of rotatable bonds is 4. The van der Waals surface area contributed by atoms with E-state index in [1.807, 2.05) is 0 Å². The maximum absolute atomic E-state index is 12.9. The molecule has 0 aliphatic carbocycles. The number of hydrogen-bond acceptors (Lipinski definition) is 5. The monoisotopic (exact) mass is 289 g/mol. The second-order valence-corrected chi connectivity index (χ2v) is 4.27. The molecular weight excluding hydrogens is 279 g/mol. The molecule has 1 N–H and O–H groups in total. The highest BCUT2D eigenvalue weighted by atomic mass is 32.1. The molecule has 0 spiro atoms. The second-order valence-electron chi connectivity index (χ2n) is 3.66. The topological polar surface area (TPSA) is 47.0 Å². The van der Waals surface area contributed by atoms with Crippen molar-refractivity contribution in [2.75, 3.05) is 12.4 Å². The molecular formula is C11H10F3N3OS. The first kappa shape index (κ1) is 13.6. The van der Waals surface area contributed by atoms with E-state index in [-0.39, 0.29) is 18.0 Å². The number of nitrogens with zero attached hydrogens (tertiary/aromatic N) is 2. The van der Waals surface area contributed by atoms with E-state index >= 15 is 0 Å². The van der Waals surface area contributed by atoms with Crippen LogP contribution in [0.1, 0.15) is 11.3 Å². The fraction of sp³-hybridized carbons (Fsp3) is 0.273. The number of aromatic nitrogens is 2. The first-order valence-corrected chi connectivity index (χ1v) is 6.09. The van der Waals surface area contributed by atoms with Crippen molar-refractivity contribution < 1.29 is 17.9 Å². The Bertz CT molecular complexity index is 543. The summed E-state index contributed by atoms with van der Waals surface area (Å²) >= 11 is 1.15. The number of benzene rings is 1. The Balaban J connectivity index is 2.23. The second kappa shape index (κ2) is 5.43. The van der Waals surface area contributed by atoms with Crippen molar-refractivity contribution in [2.24, 2.45) is 0 Å². The van der Waals surface area contributed by atoms with Gasteiger partial charge in [-0.05, 0) is 29.7 Å². The van der Waals surface area contributed by atoms with Crippen molar-refractivity contribution in [3.63, 3.8) is 0 Å². The van der Waals surface area contributed by atoms with Crippen molar-refractivity contribution in [3.05, 3.63) is 34.8 Å². The highest BCUT2D eigenvalue weighted by molar-refractivity contribution is 7.03. The zero-order valence-corrected chi connectivity index (χ0v) is 10.7. The highest BCUT2D eigenvalue weighted by Crippen LogP contribution is 2.37. The van der Waals surface area contributed by atoms with Crippen molar-refractivity contribution in [1.29, 1.82) is 0 Å². The Hall–Kier alpha value is -1.83. The standard InChI is InChI=1S/C11H10F3N3OS/c1-18-8-2-3-10(9(4-8)11(12,13)14)15-5-7-6-19-17-16-7/h2-4,6,15H,5H2,1H3. The van der Waals surface area contributed by atoms with E-state index in [1.54, 1.807) is 5.38 Å². The zero-order valence-electron chi connectivity index (χ0n) is 9.86. The van der Waals surface area contributed by atoms with E-state index in [2.05, 4.69) is 14.9 Å². The maximum atomic E-state index is 12.9. The molecule has 0 unspecified atom stereocenters. The zero-order chi connectivity index (χ0) is 13.9. The lowest BCUT2D eigenvalue weighted by atomic mass is 10.1. The van der Waals surface area contributed by atoms with Crippen LogP contribution in [0, 0.1) is 0 Å². The number of halogens is 3. The van der Waals surface area contributed by atoms with E-state index in [0.29, 0.717) is 5.69 Å². The van der Waals surface area contributed by atoms with Gasteiger partial charge in [0.25, 0.3) is 0 Å². The largest absolute Gasteiger partial charge is 0.497 e. The fourth-order valence-corrected chi connectivity index (χ4v) is 1.94. The van der Waals surface area contributed by atoms with Crippen LogP contribution in [0.2, 0.25) is 0 Å². The van der Waals surface area contributed by atoms with Gasteiger partial charge in [0.05, 0.1) is 24.9 Å². The number of hydrogen-bond donors (Lipinski definition) is 1. The minimum absolute atomic E-state index is 0.0127. The summed E-state index contributed by atoms with van der Waals surface area (Å²) in [4.78, 5) is 0. The lowest BCUT2D eigenvalue weighted by Crippen LogP contribution is -2.11. The van der Waals surface area contributed by atoms with Crippen molar-refractivity contribution in [3.8, 4) is 5.75 Å². The number of methoxy groups -OCH3 is 1. The first-order valence-electron chi connectivity index (χ1n) is 5.26. The van der Waals surface area contributed by atoms with Crippen molar-refractivity contribution >= 4 is 17.2 Å². The molecule has 0 atom stereocenters. The summed E-state index contributed by atoms with van der Waals surface area (Å²) in [5.41, 5.74) is -0.190. The molecule has 0 radical (unpaired) electrons. The normalized spacial score (nSPS) is 11.4. The Morgan fingerprint density at radius 2 is 2.16 bits per heavy atom. The van der Waals surface area contributed by atoms with Crippen LogP contribution in [0.4, 0.5) is 18.9 Å². The third-order valence-electron chi connectivity index (χ3n) is 2.40. The predicted octanol–water partition coefficient (Wildman–Crippen LogP) is 3.18. The number of nitrogens with one attached hydrogen (secondary N) is 1. The summed E-state index contributed by atoms with van der Waals surface area (Å²) in [7, 11) is 1.32. The van der Waals surface area contributed by atoms with Crippen LogP contribution in [-0.4, -0.2) is 16.7 Å². The van der Waals surface area contributed by atoms with E-state index < -0.39 is 11.7 Å². The first-order chi connectivity index (χ1) is 9.00. The molecule has 4 nitrogen and oxygen atoms in total. The van der Waals surface area contributed by atoms with Gasteiger partial charge in [-0.25, -0.2) is 0 Å². The van der Waals surface area contributed by atoms with E-state index in [0.717, 1.165) is 17.6 Å². The van der Waals surface area contributed by atoms with Crippen LogP contribution in [0.3, 0.4) is 0 Å². The minimum atomic E-state index is -4.45. The average Bonchev–Trinajstić information content (AvgIpc) is 2.88. The Labute approximate surface area is 111 Å². The van der Waals surface area contributed by atoms with Gasteiger partial charge in [-0.3, -0.25) is 0 Å². The summed E-state index contributed by atoms with van der Waals surface area (Å²) in [6.45, 7) is 0.186. The Morgan fingerprint density at radius 1 is 1.37 bits per heavy atom. The summed E-state index contributed by atoms with van der Waals surface area (Å²) in [5, 5.41) is 8.13. The van der Waals surface area contributed by atoms with Crippen LogP contribution < -0.4 is 10.1 Å². The van der Waals surface area contributed by atoms with Crippen LogP contribution in [-0.2, 0) is 12.7 Å². The third kappa shape index (κ3) is 3.34. The van der Waals surface area contributed by atoms with Gasteiger partial charge in [-0.2, -0.15) is 13.2 Å². The Kier molecular flexibility index (Phi) is 3.89. The number of ether oxygens (including phenoxy) is 1. The molecule has 19 heavy (non-hydrogen) atoms. The molecule has 1 aromatic heterocycles. The predicted molar refractivity (Wildman–Crippen MR) is 65.2 cm³/mol. The van der Waals surface area contributed by atoms with Gasteiger partial charge in [-0.1, -0.05) is 4.49 Å². The quantitative estimate of drug-likeness (QED) is 0.939. The Morgan fingerprint density at radius 3 is 2.74 bits per heavy atom. The van der Waals surface area contributed by atoms with Gasteiger partial charge in [0.15, 0.2) is 0 Å². The van der Waals surface area contributed by atoms with Gasteiger partial charge in [0.1, 0.15) is 5.75 Å². The summed E-state index contributed by atoms with van der Waals surface area (Å²) in [6.07, 6.45) is -4.45. The molecule has 1 aromatic carbocycles. The smallest absolute Gasteiger partial charge is 0.418 e. The van der Waals surface area contributed by atoms with Crippen molar-refractivity contribution in [2.45, 2.75) is 12.7 Å². The van der Waals surface area contributed by atoms with E-state index in [1.165, 1.54) is 19.2 Å². The lowest BCUT2D eigenvalue weighted by Gasteiger charge is -2.15. The maximum Gasteiger partial charge on any atom is 0.418 e. The molecule has 0 aliphatic heterocycles. The summed E-state index contributed by atoms with van der Waals surface area (Å²) in [6, 6.07) is 3.76. The van der Waals surface area contributed by atoms with Gasteiger partial charge in [-0.15, -0.1) is 5.10 Å². The van der Waals surface area contributed by atoms with E-state index in [4.69, 9.17) is 4.74 Å². The molecule has 2 aromatic rings. The molecule has 0 fully saturated rings. The molecule has 0 bridgehead atoms. The molecule has 1 heterocycles. The molecule has 8 heteroatoms. The molecule has 102 valence electrons. The molecule has 0 aliphatic rings. The van der Waals surface area contributed by atoms with Crippen LogP contribution in [0.25, 0.3) is 0 Å². The lowest BCUT2D eigenvalue weighted by molar-refractivity contribution is -0.137. The summed E-state index contributed by atoms with van der Waals surface area (Å²) < 4.78 is 47.2. The van der Waals surface area contributed by atoms with Gasteiger partial charge in [0.2, 0.25) is 0 Å². The molecule has 2 rings (SSSR count). The molecule has 0 saturated heterocycles.